The molecule has 0 unspecified atom stereocenters. The van der Waals surface area contributed by atoms with Gasteiger partial charge in [-0.2, -0.15) is 0 Å². The predicted octanol–water partition coefficient (Wildman–Crippen LogP) is 1.60. The minimum absolute atomic E-state index is 0.349. The second-order valence-corrected chi connectivity index (χ2v) is 7.70. The van der Waals surface area contributed by atoms with Crippen LogP contribution in [0.4, 0.5) is 5.95 Å². The van der Waals surface area contributed by atoms with Crippen molar-refractivity contribution in [3.63, 3.8) is 0 Å². The molecule has 128 valence electrons. The van der Waals surface area contributed by atoms with Crippen molar-refractivity contribution in [2.24, 2.45) is 0 Å². The van der Waals surface area contributed by atoms with E-state index in [9.17, 15) is 0 Å². The Labute approximate surface area is 139 Å². The number of imidazole rings is 1. The largest absolute Gasteiger partial charge is 0.516 e. The summed E-state index contributed by atoms with van der Waals surface area (Å²) < 4.78 is 20.0. The highest BCUT2D eigenvalue weighted by molar-refractivity contribution is 6.61. The molecule has 0 N–H and O–H groups in total. The first-order valence-corrected chi connectivity index (χ1v) is 8.41. The van der Waals surface area contributed by atoms with E-state index < -0.39 is 7.12 Å². The normalized spacial score (nSPS) is 24.2. The zero-order valence-corrected chi connectivity index (χ0v) is 15.1. The second-order valence-electron chi connectivity index (χ2n) is 7.70. The van der Waals surface area contributed by atoms with E-state index in [4.69, 9.17) is 19.0 Å². The highest BCUT2D eigenvalue weighted by Crippen LogP contribution is 2.36. The predicted molar refractivity (Wildman–Crippen MR) is 91.4 cm³/mol. The van der Waals surface area contributed by atoms with Gasteiger partial charge in [0.1, 0.15) is 0 Å². The highest BCUT2D eigenvalue weighted by atomic mass is 16.7. The van der Waals surface area contributed by atoms with E-state index in [1.165, 1.54) is 0 Å². The van der Waals surface area contributed by atoms with Gasteiger partial charge in [-0.25, -0.2) is 4.98 Å². The van der Waals surface area contributed by atoms with Crippen LogP contribution in [0.1, 0.15) is 46.6 Å². The Bertz CT molecular complexity index is 549. The van der Waals surface area contributed by atoms with E-state index in [0.717, 1.165) is 37.6 Å². The molecule has 23 heavy (non-hydrogen) atoms. The van der Waals surface area contributed by atoms with Crippen molar-refractivity contribution in [1.82, 2.24) is 9.55 Å². The molecular formula is C16H28BN3O3. The standard InChI is InChI=1S/C16H28BN3O3/c1-15(2)16(3,4)23-17(22-15)13-11-20(14(18-13)19(5)6)12-7-9-21-10-8-12/h11-12H,7-10H2,1-6H3. The smallest absolute Gasteiger partial charge is 0.398 e. The third kappa shape index (κ3) is 3.02. The Morgan fingerprint density at radius 3 is 2.22 bits per heavy atom. The van der Waals surface area contributed by atoms with Crippen molar-refractivity contribution in [3.05, 3.63) is 6.20 Å². The van der Waals surface area contributed by atoms with Gasteiger partial charge in [0.15, 0.2) is 0 Å². The SMILES string of the molecule is CN(C)c1nc(B2OC(C)(C)C(C)(C)O2)cn1C1CCOCC1. The molecule has 2 aliphatic heterocycles. The summed E-state index contributed by atoms with van der Waals surface area (Å²) in [5, 5.41) is 0. The van der Waals surface area contributed by atoms with Crippen LogP contribution in [0.25, 0.3) is 0 Å². The Morgan fingerprint density at radius 1 is 1.13 bits per heavy atom. The maximum atomic E-state index is 6.14. The third-order valence-electron chi connectivity index (χ3n) is 5.21. The number of ether oxygens (including phenoxy) is 1. The third-order valence-corrected chi connectivity index (χ3v) is 5.21. The van der Waals surface area contributed by atoms with Crippen molar-refractivity contribution in [2.75, 3.05) is 32.2 Å². The number of nitrogens with zero attached hydrogens (tertiary/aromatic N) is 3. The highest BCUT2D eigenvalue weighted by Gasteiger charge is 2.52. The molecule has 0 aliphatic carbocycles. The van der Waals surface area contributed by atoms with E-state index >= 15 is 0 Å². The molecule has 0 aromatic carbocycles. The van der Waals surface area contributed by atoms with E-state index in [0.29, 0.717) is 6.04 Å². The fraction of sp³-hybridized carbons (Fsp3) is 0.812. The molecule has 3 heterocycles. The first kappa shape index (κ1) is 16.8. The van der Waals surface area contributed by atoms with Crippen molar-refractivity contribution in [1.29, 1.82) is 0 Å². The molecule has 0 atom stereocenters. The molecule has 2 fully saturated rings. The molecule has 6 nitrogen and oxygen atoms in total. The summed E-state index contributed by atoms with van der Waals surface area (Å²) in [4.78, 5) is 6.84. The lowest BCUT2D eigenvalue weighted by Gasteiger charge is -2.32. The summed E-state index contributed by atoms with van der Waals surface area (Å²) in [5.74, 6) is 0.946. The van der Waals surface area contributed by atoms with Gasteiger partial charge in [0.05, 0.1) is 16.8 Å². The van der Waals surface area contributed by atoms with E-state index in [1.807, 2.05) is 19.0 Å². The van der Waals surface area contributed by atoms with Crippen LogP contribution in [0.3, 0.4) is 0 Å². The fourth-order valence-electron chi connectivity index (χ4n) is 3.04. The summed E-state index contributed by atoms with van der Waals surface area (Å²) in [6.07, 6.45) is 4.12. The molecule has 0 amide bonds. The van der Waals surface area contributed by atoms with Gasteiger partial charge in [-0.05, 0) is 40.5 Å². The number of hydrogen-bond acceptors (Lipinski definition) is 5. The van der Waals surface area contributed by atoms with Crippen molar-refractivity contribution in [3.8, 4) is 0 Å². The Morgan fingerprint density at radius 2 is 1.70 bits per heavy atom. The average Bonchev–Trinajstić information content (AvgIpc) is 3.00. The molecule has 2 saturated heterocycles. The summed E-state index contributed by atoms with van der Waals surface area (Å²) in [6.45, 7) is 9.87. The average molecular weight is 321 g/mol. The zero-order valence-electron chi connectivity index (χ0n) is 15.1. The van der Waals surface area contributed by atoms with Gasteiger partial charge in [0, 0.05) is 39.5 Å². The summed E-state index contributed by atoms with van der Waals surface area (Å²) in [7, 11) is 3.62. The molecular weight excluding hydrogens is 293 g/mol. The number of anilines is 1. The Kier molecular flexibility index (Phi) is 4.23. The van der Waals surface area contributed by atoms with Gasteiger partial charge in [-0.15, -0.1) is 0 Å². The molecule has 2 aliphatic rings. The monoisotopic (exact) mass is 321 g/mol. The molecule has 7 heteroatoms. The van der Waals surface area contributed by atoms with Gasteiger partial charge in [-0.3, -0.25) is 0 Å². The molecule has 0 bridgehead atoms. The van der Waals surface area contributed by atoms with E-state index in [2.05, 4.69) is 38.5 Å². The van der Waals surface area contributed by atoms with Crippen LogP contribution in [0.2, 0.25) is 0 Å². The van der Waals surface area contributed by atoms with Gasteiger partial charge >= 0.3 is 7.12 Å². The lowest BCUT2D eigenvalue weighted by molar-refractivity contribution is 0.00578. The molecule has 3 rings (SSSR count). The van der Waals surface area contributed by atoms with E-state index in [-0.39, 0.29) is 11.2 Å². The second kappa shape index (κ2) is 5.79. The number of rotatable bonds is 3. The van der Waals surface area contributed by atoms with E-state index in [1.54, 1.807) is 0 Å². The minimum Gasteiger partial charge on any atom is -0.398 e. The van der Waals surface area contributed by atoms with Crippen LogP contribution in [0.15, 0.2) is 6.20 Å². The zero-order chi connectivity index (χ0) is 16.8. The van der Waals surface area contributed by atoms with Crippen LogP contribution < -0.4 is 10.5 Å². The number of hydrogen-bond donors (Lipinski definition) is 0. The number of aromatic nitrogens is 2. The quantitative estimate of drug-likeness (QED) is 0.792. The van der Waals surface area contributed by atoms with Gasteiger partial charge in [-0.1, -0.05) is 0 Å². The molecule has 1 aromatic heterocycles. The maximum absolute atomic E-state index is 6.14. The van der Waals surface area contributed by atoms with Crippen LogP contribution in [0.5, 0.6) is 0 Å². The summed E-state index contributed by atoms with van der Waals surface area (Å²) >= 11 is 0. The van der Waals surface area contributed by atoms with Gasteiger partial charge in [0.25, 0.3) is 0 Å². The van der Waals surface area contributed by atoms with Crippen LogP contribution in [-0.4, -0.2) is 55.2 Å². The van der Waals surface area contributed by atoms with Gasteiger partial charge < -0.3 is 23.5 Å². The van der Waals surface area contributed by atoms with Crippen LogP contribution in [-0.2, 0) is 14.0 Å². The Balaban J connectivity index is 1.89. The molecule has 0 spiro atoms. The lowest BCUT2D eigenvalue weighted by Crippen LogP contribution is -2.41. The van der Waals surface area contributed by atoms with Gasteiger partial charge in [0.2, 0.25) is 5.95 Å². The first-order valence-electron chi connectivity index (χ1n) is 8.41. The lowest BCUT2D eigenvalue weighted by atomic mass is 9.86. The van der Waals surface area contributed by atoms with Crippen molar-refractivity contribution >= 4 is 18.7 Å². The molecule has 1 aromatic rings. The first-order chi connectivity index (χ1) is 10.7. The van der Waals surface area contributed by atoms with Crippen molar-refractivity contribution < 1.29 is 14.0 Å². The van der Waals surface area contributed by atoms with Crippen LogP contribution >= 0.6 is 0 Å². The van der Waals surface area contributed by atoms with Crippen molar-refractivity contribution in [2.45, 2.75) is 57.8 Å². The summed E-state index contributed by atoms with van der Waals surface area (Å²) in [6, 6.07) is 0.421. The summed E-state index contributed by atoms with van der Waals surface area (Å²) in [5.41, 5.74) is 0.149. The Hall–Kier alpha value is -1.05. The molecule has 0 radical (unpaired) electrons. The fourth-order valence-corrected chi connectivity index (χ4v) is 3.04. The van der Waals surface area contributed by atoms with Crippen LogP contribution in [0, 0.1) is 0 Å². The topological polar surface area (TPSA) is 48.8 Å². The maximum Gasteiger partial charge on any atom is 0.516 e. The molecule has 0 saturated carbocycles. The minimum atomic E-state index is -0.417.